The van der Waals surface area contributed by atoms with E-state index in [2.05, 4.69) is 20.4 Å². The normalized spacial score (nSPS) is 17.8. The third-order valence-corrected chi connectivity index (χ3v) is 4.33. The topological polar surface area (TPSA) is 71.3 Å². The van der Waals surface area contributed by atoms with Gasteiger partial charge in [0.05, 0.1) is 12.6 Å². The predicted molar refractivity (Wildman–Crippen MR) is 90.4 cm³/mol. The van der Waals surface area contributed by atoms with Gasteiger partial charge in [-0.15, -0.1) is 0 Å². The third kappa shape index (κ3) is 4.63. The van der Waals surface area contributed by atoms with Crippen LogP contribution in [-0.4, -0.2) is 40.6 Å². The van der Waals surface area contributed by atoms with Crippen molar-refractivity contribution in [3.8, 4) is 0 Å². The zero-order chi connectivity index (χ0) is 17.6. The van der Waals surface area contributed by atoms with Gasteiger partial charge in [-0.2, -0.15) is 4.98 Å². The summed E-state index contributed by atoms with van der Waals surface area (Å²) in [7, 11) is 0. The summed E-state index contributed by atoms with van der Waals surface area (Å²) in [5.74, 6) is 0.891. The van der Waals surface area contributed by atoms with E-state index in [1.54, 1.807) is 12.1 Å². The summed E-state index contributed by atoms with van der Waals surface area (Å²) in [6, 6.07) is 6.26. The summed E-state index contributed by atoms with van der Waals surface area (Å²) >= 11 is 0. The van der Waals surface area contributed by atoms with Crippen LogP contribution in [0.1, 0.15) is 49.5 Å². The number of aromatic nitrogens is 2. The second-order valence-electron chi connectivity index (χ2n) is 6.33. The Kier molecular flexibility index (Phi) is 5.75. The maximum absolute atomic E-state index is 13.0. The molecule has 0 saturated carbocycles. The molecule has 1 saturated heterocycles. The molecule has 1 aliphatic rings. The van der Waals surface area contributed by atoms with Crippen molar-refractivity contribution in [2.45, 2.75) is 38.6 Å². The highest BCUT2D eigenvalue weighted by molar-refractivity contribution is 5.78. The van der Waals surface area contributed by atoms with E-state index in [1.165, 1.54) is 12.1 Å². The van der Waals surface area contributed by atoms with Crippen molar-refractivity contribution in [2.75, 3.05) is 19.6 Å². The predicted octanol–water partition coefficient (Wildman–Crippen LogP) is 2.46. The highest BCUT2D eigenvalue weighted by atomic mass is 19.1. The molecule has 1 aromatic carbocycles. The fourth-order valence-electron chi connectivity index (χ4n) is 3.06. The van der Waals surface area contributed by atoms with Gasteiger partial charge in [0.1, 0.15) is 5.82 Å². The van der Waals surface area contributed by atoms with E-state index >= 15 is 0 Å². The van der Waals surface area contributed by atoms with Crippen LogP contribution < -0.4 is 5.32 Å². The smallest absolute Gasteiger partial charge is 0.244 e. The first kappa shape index (κ1) is 17.5. The first-order chi connectivity index (χ1) is 12.2. The van der Waals surface area contributed by atoms with Gasteiger partial charge in [0.25, 0.3) is 0 Å². The Morgan fingerprint density at radius 1 is 1.40 bits per heavy atom. The summed E-state index contributed by atoms with van der Waals surface area (Å²) in [6.45, 7) is 3.92. The molecule has 1 aliphatic heterocycles. The zero-order valence-corrected chi connectivity index (χ0v) is 14.4. The number of carbonyl (C=O) groups excluding carboxylic acids is 1. The minimum atomic E-state index is -0.263. The molecule has 0 spiro atoms. The SMILES string of the molecule is CCCNC(=O)CN1CCC[C@@H]1c1nc(Cc2ccc(F)cc2)no1. The molecule has 7 heteroatoms. The van der Waals surface area contributed by atoms with E-state index in [1.807, 2.05) is 6.92 Å². The van der Waals surface area contributed by atoms with Gasteiger partial charge in [-0.1, -0.05) is 24.2 Å². The lowest BCUT2D eigenvalue weighted by Crippen LogP contribution is -2.37. The van der Waals surface area contributed by atoms with E-state index in [-0.39, 0.29) is 17.8 Å². The van der Waals surface area contributed by atoms with Crippen molar-refractivity contribution in [2.24, 2.45) is 0 Å². The number of halogens is 1. The summed E-state index contributed by atoms with van der Waals surface area (Å²) in [6.07, 6.45) is 3.32. The molecule has 0 bridgehead atoms. The summed E-state index contributed by atoms with van der Waals surface area (Å²) < 4.78 is 18.4. The van der Waals surface area contributed by atoms with E-state index in [0.29, 0.717) is 31.2 Å². The highest BCUT2D eigenvalue weighted by Crippen LogP contribution is 2.30. The van der Waals surface area contributed by atoms with Crippen LogP contribution in [0.3, 0.4) is 0 Å². The summed E-state index contributed by atoms with van der Waals surface area (Å²) in [5, 5.41) is 6.93. The second kappa shape index (κ2) is 8.20. The molecule has 0 radical (unpaired) electrons. The van der Waals surface area contributed by atoms with Crippen molar-refractivity contribution in [1.29, 1.82) is 0 Å². The molecular formula is C18H23FN4O2. The van der Waals surface area contributed by atoms with Crippen LogP contribution in [0.2, 0.25) is 0 Å². The molecule has 3 rings (SSSR count). The molecule has 0 aliphatic carbocycles. The largest absolute Gasteiger partial charge is 0.355 e. The van der Waals surface area contributed by atoms with Crippen LogP contribution in [0.15, 0.2) is 28.8 Å². The monoisotopic (exact) mass is 346 g/mol. The maximum Gasteiger partial charge on any atom is 0.244 e. The fourth-order valence-corrected chi connectivity index (χ4v) is 3.06. The van der Waals surface area contributed by atoms with E-state index in [4.69, 9.17) is 4.52 Å². The molecule has 2 aromatic rings. The molecule has 2 heterocycles. The van der Waals surface area contributed by atoms with Crippen LogP contribution in [0.25, 0.3) is 0 Å². The van der Waals surface area contributed by atoms with Crippen LogP contribution in [0.4, 0.5) is 4.39 Å². The number of hydrogen-bond acceptors (Lipinski definition) is 5. The van der Waals surface area contributed by atoms with Gasteiger partial charge in [-0.25, -0.2) is 4.39 Å². The lowest BCUT2D eigenvalue weighted by Gasteiger charge is -2.20. The van der Waals surface area contributed by atoms with Gasteiger partial charge in [0.15, 0.2) is 5.82 Å². The van der Waals surface area contributed by atoms with Gasteiger partial charge in [0.2, 0.25) is 11.8 Å². The Morgan fingerprint density at radius 2 is 2.20 bits per heavy atom. The van der Waals surface area contributed by atoms with Crippen molar-refractivity contribution < 1.29 is 13.7 Å². The molecule has 0 unspecified atom stereocenters. The van der Waals surface area contributed by atoms with Crippen LogP contribution in [0.5, 0.6) is 0 Å². The molecule has 1 fully saturated rings. The highest BCUT2D eigenvalue weighted by Gasteiger charge is 2.31. The van der Waals surface area contributed by atoms with Crippen molar-refractivity contribution in [1.82, 2.24) is 20.4 Å². The van der Waals surface area contributed by atoms with Crippen LogP contribution in [0, 0.1) is 5.82 Å². The number of nitrogens with one attached hydrogen (secondary N) is 1. The standard InChI is InChI=1S/C18H23FN4O2/c1-2-9-20-17(24)12-23-10-3-4-15(23)18-21-16(22-25-18)11-13-5-7-14(19)8-6-13/h5-8,15H,2-4,9-12H2,1H3,(H,20,24)/t15-/m1/s1. The Labute approximate surface area is 146 Å². The van der Waals surface area contributed by atoms with E-state index in [9.17, 15) is 9.18 Å². The van der Waals surface area contributed by atoms with Crippen molar-refractivity contribution in [3.05, 3.63) is 47.4 Å². The van der Waals surface area contributed by atoms with Gasteiger partial charge in [-0.05, 0) is 43.5 Å². The van der Waals surface area contributed by atoms with Gasteiger partial charge in [-0.3, -0.25) is 9.69 Å². The zero-order valence-electron chi connectivity index (χ0n) is 14.4. The number of rotatable bonds is 7. The van der Waals surface area contributed by atoms with Gasteiger partial charge < -0.3 is 9.84 Å². The Morgan fingerprint density at radius 3 is 2.96 bits per heavy atom. The molecule has 134 valence electrons. The van der Waals surface area contributed by atoms with Crippen LogP contribution >= 0.6 is 0 Å². The van der Waals surface area contributed by atoms with Crippen molar-refractivity contribution in [3.63, 3.8) is 0 Å². The number of nitrogens with zero attached hydrogens (tertiary/aromatic N) is 3. The van der Waals surface area contributed by atoms with Gasteiger partial charge >= 0.3 is 0 Å². The summed E-state index contributed by atoms with van der Waals surface area (Å²) in [5.41, 5.74) is 0.927. The average Bonchev–Trinajstić information content (AvgIpc) is 3.24. The lowest BCUT2D eigenvalue weighted by molar-refractivity contribution is -0.122. The first-order valence-electron chi connectivity index (χ1n) is 8.73. The van der Waals surface area contributed by atoms with Gasteiger partial charge in [0, 0.05) is 13.0 Å². The number of amides is 1. The minimum Gasteiger partial charge on any atom is -0.355 e. The van der Waals surface area contributed by atoms with Crippen molar-refractivity contribution >= 4 is 5.91 Å². The van der Waals surface area contributed by atoms with E-state index in [0.717, 1.165) is 31.4 Å². The molecule has 1 amide bonds. The Balaban J connectivity index is 1.62. The number of hydrogen-bond donors (Lipinski definition) is 1. The molecule has 1 aromatic heterocycles. The summed E-state index contributed by atoms with van der Waals surface area (Å²) in [4.78, 5) is 18.5. The Bertz CT molecular complexity index is 701. The molecule has 6 nitrogen and oxygen atoms in total. The van der Waals surface area contributed by atoms with E-state index < -0.39 is 0 Å². The number of carbonyl (C=O) groups is 1. The van der Waals surface area contributed by atoms with Crippen LogP contribution in [-0.2, 0) is 11.2 Å². The minimum absolute atomic E-state index is 0.0122. The second-order valence-corrected chi connectivity index (χ2v) is 6.33. The average molecular weight is 346 g/mol. The quantitative estimate of drug-likeness (QED) is 0.834. The molecule has 1 atom stereocenters. The first-order valence-corrected chi connectivity index (χ1v) is 8.73. The Hall–Kier alpha value is -2.28. The molecule has 25 heavy (non-hydrogen) atoms. The molecule has 1 N–H and O–H groups in total. The maximum atomic E-state index is 13.0. The molecular weight excluding hydrogens is 323 g/mol. The number of likely N-dealkylation sites (tertiary alicyclic amines) is 1. The lowest BCUT2D eigenvalue weighted by atomic mass is 10.1. The third-order valence-electron chi connectivity index (χ3n) is 4.33. The number of benzene rings is 1. The fraction of sp³-hybridized carbons (Fsp3) is 0.500.